The number of amides is 2. The molecule has 0 radical (unpaired) electrons. The number of nitrogen functional groups attached to an aromatic ring is 2. The highest BCUT2D eigenvalue weighted by Gasteiger charge is 2.12. The van der Waals surface area contributed by atoms with Crippen molar-refractivity contribution in [2.45, 2.75) is 0 Å². The van der Waals surface area contributed by atoms with Gasteiger partial charge in [-0.1, -0.05) is 0 Å². The van der Waals surface area contributed by atoms with E-state index in [2.05, 4.69) is 10.6 Å². The fraction of sp³-hybridized carbons (Fsp3) is 0. The van der Waals surface area contributed by atoms with Crippen molar-refractivity contribution in [1.29, 1.82) is 0 Å². The topological polar surface area (TPSA) is 160 Å². The number of phenols is 2. The van der Waals surface area contributed by atoms with Gasteiger partial charge in [0.2, 0.25) is 0 Å². The molecule has 0 fully saturated rings. The van der Waals surface area contributed by atoms with Gasteiger partial charge in [-0.2, -0.15) is 0 Å². The maximum absolute atomic E-state index is 12.5. The van der Waals surface area contributed by atoms with Crippen LogP contribution in [-0.4, -0.2) is 22.0 Å². The normalized spacial score (nSPS) is 10.4. The zero-order valence-electron chi connectivity index (χ0n) is 18.4. The number of carbonyl (C=O) groups is 2. The van der Waals surface area contributed by atoms with Gasteiger partial charge in [0.15, 0.2) is 0 Å². The highest BCUT2D eigenvalue weighted by atomic mass is 16.5. The summed E-state index contributed by atoms with van der Waals surface area (Å²) in [4.78, 5) is 24.9. The molecule has 0 unspecified atom stereocenters. The molecule has 0 heterocycles. The Morgan fingerprint density at radius 3 is 1.34 bits per heavy atom. The van der Waals surface area contributed by atoms with E-state index < -0.39 is 11.8 Å². The summed E-state index contributed by atoms with van der Waals surface area (Å²) >= 11 is 0. The minimum atomic E-state index is -0.418. The van der Waals surface area contributed by atoms with E-state index in [1.54, 1.807) is 48.5 Å². The standard InChI is InChI=1S/C26H22N4O5/c27-17-5-11-23(31)21(13-17)29-25(33)15-1-7-19(8-2-15)35-20-9-3-16(4-10-20)26(34)30-22-14-18(28)6-12-24(22)32/h1-14,31-32H,27-28H2,(H,29,33)(H,30,34). The van der Waals surface area contributed by atoms with E-state index >= 15 is 0 Å². The van der Waals surface area contributed by atoms with Gasteiger partial charge in [-0.25, -0.2) is 0 Å². The Morgan fingerprint density at radius 2 is 0.971 bits per heavy atom. The number of ether oxygens (including phenoxy) is 1. The number of aromatic hydroxyl groups is 2. The van der Waals surface area contributed by atoms with Crippen LogP contribution in [0, 0.1) is 0 Å². The monoisotopic (exact) mass is 470 g/mol. The van der Waals surface area contributed by atoms with Crippen molar-refractivity contribution >= 4 is 34.6 Å². The van der Waals surface area contributed by atoms with Crippen molar-refractivity contribution in [2.24, 2.45) is 0 Å². The van der Waals surface area contributed by atoms with Crippen LogP contribution in [0.15, 0.2) is 84.9 Å². The number of benzene rings is 4. The summed E-state index contributed by atoms with van der Waals surface area (Å²) in [5.74, 6) is -0.0489. The lowest BCUT2D eigenvalue weighted by Crippen LogP contribution is -2.12. The first-order valence-electron chi connectivity index (χ1n) is 10.5. The average Bonchev–Trinajstić information content (AvgIpc) is 2.84. The minimum Gasteiger partial charge on any atom is -0.506 e. The molecule has 0 atom stereocenters. The SMILES string of the molecule is Nc1ccc(O)c(NC(=O)c2ccc(Oc3ccc(C(=O)Nc4cc(N)ccc4O)cc3)cc2)c1. The fourth-order valence-corrected chi connectivity index (χ4v) is 3.18. The molecule has 0 aliphatic heterocycles. The van der Waals surface area contributed by atoms with E-state index in [1.165, 1.54) is 36.4 Å². The molecular formula is C26H22N4O5. The van der Waals surface area contributed by atoms with Gasteiger partial charge in [0.25, 0.3) is 11.8 Å². The molecule has 8 N–H and O–H groups in total. The van der Waals surface area contributed by atoms with E-state index in [1.807, 2.05) is 0 Å². The van der Waals surface area contributed by atoms with Crippen LogP contribution in [0.25, 0.3) is 0 Å². The van der Waals surface area contributed by atoms with Crippen LogP contribution in [0.4, 0.5) is 22.7 Å². The Balaban J connectivity index is 1.38. The van der Waals surface area contributed by atoms with Crippen LogP contribution in [0.2, 0.25) is 0 Å². The summed E-state index contributed by atoms with van der Waals surface area (Å²) in [5, 5.41) is 24.9. The van der Waals surface area contributed by atoms with E-state index in [4.69, 9.17) is 16.2 Å². The van der Waals surface area contributed by atoms with Gasteiger partial charge in [-0.05, 0) is 84.9 Å². The molecule has 0 spiro atoms. The Labute approximate surface area is 200 Å². The number of rotatable bonds is 6. The van der Waals surface area contributed by atoms with E-state index in [0.717, 1.165) is 0 Å². The number of anilines is 4. The average molecular weight is 470 g/mol. The number of nitrogens with one attached hydrogen (secondary N) is 2. The Hall–Kier alpha value is -5.18. The maximum Gasteiger partial charge on any atom is 0.255 e. The zero-order chi connectivity index (χ0) is 24.9. The second-order valence-corrected chi connectivity index (χ2v) is 7.61. The second kappa shape index (κ2) is 9.75. The van der Waals surface area contributed by atoms with Gasteiger partial charge in [-0.15, -0.1) is 0 Å². The summed E-state index contributed by atoms with van der Waals surface area (Å²) in [6, 6.07) is 21.6. The Bertz CT molecular complexity index is 1280. The summed E-state index contributed by atoms with van der Waals surface area (Å²) in [6.07, 6.45) is 0. The molecule has 9 heteroatoms. The highest BCUT2D eigenvalue weighted by Crippen LogP contribution is 2.28. The third-order valence-corrected chi connectivity index (χ3v) is 5.01. The summed E-state index contributed by atoms with van der Waals surface area (Å²) < 4.78 is 5.78. The van der Waals surface area contributed by atoms with Crippen LogP contribution in [-0.2, 0) is 0 Å². The molecule has 4 rings (SSSR count). The molecule has 9 nitrogen and oxygen atoms in total. The first-order chi connectivity index (χ1) is 16.8. The Morgan fingerprint density at radius 1 is 0.600 bits per heavy atom. The van der Waals surface area contributed by atoms with Crippen molar-refractivity contribution < 1.29 is 24.5 Å². The molecular weight excluding hydrogens is 448 g/mol. The maximum atomic E-state index is 12.5. The number of hydrogen-bond acceptors (Lipinski definition) is 7. The molecule has 176 valence electrons. The van der Waals surface area contributed by atoms with Crippen molar-refractivity contribution in [3.8, 4) is 23.0 Å². The molecule has 2 amide bonds. The second-order valence-electron chi connectivity index (χ2n) is 7.61. The van der Waals surface area contributed by atoms with Crippen LogP contribution < -0.4 is 26.8 Å². The van der Waals surface area contributed by atoms with Gasteiger partial charge in [0.1, 0.15) is 23.0 Å². The van der Waals surface area contributed by atoms with Crippen molar-refractivity contribution in [3.63, 3.8) is 0 Å². The van der Waals surface area contributed by atoms with Crippen LogP contribution in [0.5, 0.6) is 23.0 Å². The molecule has 35 heavy (non-hydrogen) atoms. The first kappa shape index (κ1) is 23.0. The number of carbonyl (C=O) groups excluding carboxylic acids is 2. The molecule has 0 saturated heterocycles. The summed E-state index contributed by atoms with van der Waals surface area (Å²) in [5.41, 5.74) is 13.3. The van der Waals surface area contributed by atoms with Gasteiger partial charge >= 0.3 is 0 Å². The van der Waals surface area contributed by atoms with E-state index in [-0.39, 0.29) is 22.9 Å². The van der Waals surface area contributed by atoms with Gasteiger partial charge < -0.3 is 37.1 Å². The Kier molecular flexibility index (Phi) is 6.41. The van der Waals surface area contributed by atoms with E-state index in [0.29, 0.717) is 34.0 Å². The van der Waals surface area contributed by atoms with Gasteiger partial charge in [-0.3, -0.25) is 9.59 Å². The lowest BCUT2D eigenvalue weighted by atomic mass is 10.1. The smallest absolute Gasteiger partial charge is 0.255 e. The minimum absolute atomic E-state index is 0.0886. The van der Waals surface area contributed by atoms with Crippen molar-refractivity contribution in [3.05, 3.63) is 96.1 Å². The zero-order valence-corrected chi connectivity index (χ0v) is 18.4. The summed E-state index contributed by atoms with van der Waals surface area (Å²) in [6.45, 7) is 0. The molecule has 0 saturated carbocycles. The lowest BCUT2D eigenvalue weighted by molar-refractivity contribution is 0.101. The first-order valence-corrected chi connectivity index (χ1v) is 10.5. The van der Waals surface area contributed by atoms with Crippen LogP contribution in [0.3, 0.4) is 0 Å². The molecule has 0 bridgehead atoms. The molecule has 4 aromatic rings. The molecule has 0 aliphatic rings. The van der Waals surface area contributed by atoms with Gasteiger partial charge in [0, 0.05) is 22.5 Å². The number of phenolic OH excluding ortho intramolecular Hbond substituents is 2. The molecule has 4 aromatic carbocycles. The predicted molar refractivity (Wildman–Crippen MR) is 134 cm³/mol. The predicted octanol–water partition coefficient (Wildman–Crippen LogP) is 4.56. The number of nitrogens with two attached hydrogens (primary N) is 2. The third kappa shape index (κ3) is 5.60. The fourth-order valence-electron chi connectivity index (χ4n) is 3.18. The third-order valence-electron chi connectivity index (χ3n) is 5.01. The van der Waals surface area contributed by atoms with Crippen molar-refractivity contribution in [2.75, 3.05) is 22.1 Å². The van der Waals surface area contributed by atoms with Crippen LogP contribution >= 0.6 is 0 Å². The summed E-state index contributed by atoms with van der Waals surface area (Å²) in [7, 11) is 0. The highest BCUT2D eigenvalue weighted by molar-refractivity contribution is 6.06. The lowest BCUT2D eigenvalue weighted by Gasteiger charge is -2.10. The van der Waals surface area contributed by atoms with Gasteiger partial charge in [0.05, 0.1) is 11.4 Å². The van der Waals surface area contributed by atoms with Crippen molar-refractivity contribution in [1.82, 2.24) is 0 Å². The quantitative estimate of drug-likeness (QED) is 0.137. The molecule has 0 aliphatic carbocycles. The number of hydrogen-bond donors (Lipinski definition) is 6. The molecule has 0 aromatic heterocycles. The van der Waals surface area contributed by atoms with E-state index in [9.17, 15) is 19.8 Å². The van der Waals surface area contributed by atoms with Crippen LogP contribution in [0.1, 0.15) is 20.7 Å². The largest absolute Gasteiger partial charge is 0.506 e.